The number of piperazine rings is 1. The number of fused-ring (bicyclic) bond motifs is 1. The summed E-state index contributed by atoms with van der Waals surface area (Å²) in [6.45, 7) is 9.36. The van der Waals surface area contributed by atoms with Gasteiger partial charge in [0, 0.05) is 43.3 Å². The fourth-order valence-corrected chi connectivity index (χ4v) is 4.91. The van der Waals surface area contributed by atoms with Crippen LogP contribution in [0.3, 0.4) is 0 Å². The summed E-state index contributed by atoms with van der Waals surface area (Å²) < 4.78 is 7.05. The SMILES string of the molecule is CCCCc1c(C)nc2nc(SCC(=O)N3CCN(c4ccc(OC)cc4)CC3)nn2c1C. The highest BCUT2D eigenvalue weighted by Crippen LogP contribution is 2.22. The minimum absolute atomic E-state index is 0.123. The molecule has 0 unspecified atom stereocenters. The zero-order valence-corrected chi connectivity index (χ0v) is 20.7. The van der Waals surface area contributed by atoms with Crippen molar-refractivity contribution in [2.75, 3.05) is 43.9 Å². The molecule has 2 aromatic heterocycles. The van der Waals surface area contributed by atoms with E-state index in [-0.39, 0.29) is 5.91 Å². The molecule has 0 bridgehead atoms. The Morgan fingerprint density at radius 2 is 1.82 bits per heavy atom. The van der Waals surface area contributed by atoms with E-state index in [2.05, 4.69) is 45.9 Å². The molecule has 1 aromatic carbocycles. The lowest BCUT2D eigenvalue weighted by atomic mass is 10.1. The topological polar surface area (TPSA) is 75.9 Å². The molecular formula is C24H32N6O2S. The molecular weight excluding hydrogens is 436 g/mol. The minimum atomic E-state index is 0.123. The molecule has 0 atom stereocenters. The molecule has 1 aliphatic heterocycles. The second-order valence-electron chi connectivity index (χ2n) is 8.33. The summed E-state index contributed by atoms with van der Waals surface area (Å²) in [6.07, 6.45) is 3.28. The summed E-state index contributed by atoms with van der Waals surface area (Å²) in [6, 6.07) is 8.06. The number of aryl methyl sites for hydroxylation is 2. The molecule has 0 spiro atoms. The third-order valence-electron chi connectivity index (χ3n) is 6.20. The number of carbonyl (C=O) groups excluding carboxylic acids is 1. The van der Waals surface area contributed by atoms with Crippen molar-refractivity contribution in [1.82, 2.24) is 24.5 Å². The Kier molecular flexibility index (Phi) is 7.37. The Morgan fingerprint density at radius 3 is 2.48 bits per heavy atom. The van der Waals surface area contributed by atoms with Gasteiger partial charge in [0.1, 0.15) is 5.75 Å². The van der Waals surface area contributed by atoms with E-state index < -0.39 is 0 Å². The van der Waals surface area contributed by atoms with Crippen LogP contribution in [0.25, 0.3) is 5.78 Å². The number of hydrogen-bond donors (Lipinski definition) is 0. The van der Waals surface area contributed by atoms with Crippen LogP contribution in [0.5, 0.6) is 5.75 Å². The average Bonchev–Trinajstić information content (AvgIpc) is 3.25. The van der Waals surface area contributed by atoms with Crippen LogP contribution in [0.1, 0.15) is 36.7 Å². The van der Waals surface area contributed by atoms with E-state index >= 15 is 0 Å². The summed E-state index contributed by atoms with van der Waals surface area (Å²) in [7, 11) is 1.67. The molecule has 4 rings (SSSR count). The normalized spacial score (nSPS) is 14.2. The lowest BCUT2D eigenvalue weighted by Gasteiger charge is -2.36. The van der Waals surface area contributed by atoms with Crippen molar-refractivity contribution in [1.29, 1.82) is 0 Å². The predicted octanol–water partition coefficient (Wildman–Crippen LogP) is 3.53. The van der Waals surface area contributed by atoms with E-state index in [1.807, 2.05) is 28.5 Å². The Labute approximate surface area is 199 Å². The Bertz CT molecular complexity index is 1110. The summed E-state index contributed by atoms with van der Waals surface area (Å²) in [5.41, 5.74) is 4.51. The third-order valence-corrected chi connectivity index (χ3v) is 7.03. The quantitative estimate of drug-likeness (QED) is 0.468. The van der Waals surface area contributed by atoms with Gasteiger partial charge in [-0.2, -0.15) is 4.98 Å². The number of nitrogens with zero attached hydrogens (tertiary/aromatic N) is 6. The van der Waals surface area contributed by atoms with Crippen molar-refractivity contribution >= 4 is 29.1 Å². The molecule has 176 valence electrons. The van der Waals surface area contributed by atoms with E-state index in [0.717, 1.165) is 55.2 Å². The Morgan fingerprint density at radius 1 is 1.09 bits per heavy atom. The van der Waals surface area contributed by atoms with Gasteiger partial charge in [-0.1, -0.05) is 25.1 Å². The molecule has 1 fully saturated rings. The van der Waals surface area contributed by atoms with Crippen molar-refractivity contribution in [3.8, 4) is 5.75 Å². The number of carbonyl (C=O) groups is 1. The van der Waals surface area contributed by atoms with Gasteiger partial charge < -0.3 is 14.5 Å². The van der Waals surface area contributed by atoms with Gasteiger partial charge in [0.05, 0.1) is 12.9 Å². The number of methoxy groups -OCH3 is 1. The van der Waals surface area contributed by atoms with Crippen molar-refractivity contribution < 1.29 is 9.53 Å². The lowest BCUT2D eigenvalue weighted by molar-refractivity contribution is -0.128. The highest BCUT2D eigenvalue weighted by atomic mass is 32.2. The van der Waals surface area contributed by atoms with Gasteiger partial charge in [-0.25, -0.2) is 9.50 Å². The van der Waals surface area contributed by atoms with Crippen LogP contribution in [0.4, 0.5) is 5.69 Å². The number of amides is 1. The molecule has 33 heavy (non-hydrogen) atoms. The Hall–Kier alpha value is -2.81. The number of benzene rings is 1. The van der Waals surface area contributed by atoms with Crippen LogP contribution in [-0.4, -0.2) is 69.4 Å². The van der Waals surface area contributed by atoms with Gasteiger partial charge in [0.2, 0.25) is 11.1 Å². The zero-order chi connectivity index (χ0) is 23.4. The first-order valence-electron chi connectivity index (χ1n) is 11.5. The fourth-order valence-electron chi connectivity index (χ4n) is 4.19. The van der Waals surface area contributed by atoms with E-state index in [9.17, 15) is 4.79 Å². The molecule has 3 heterocycles. The van der Waals surface area contributed by atoms with E-state index in [1.165, 1.54) is 17.3 Å². The van der Waals surface area contributed by atoms with Gasteiger partial charge in [-0.05, 0) is 56.5 Å². The first kappa shape index (κ1) is 23.4. The third kappa shape index (κ3) is 5.24. The van der Waals surface area contributed by atoms with Crippen molar-refractivity contribution in [3.63, 3.8) is 0 Å². The number of rotatable bonds is 8. The highest BCUT2D eigenvalue weighted by Gasteiger charge is 2.22. The molecule has 0 radical (unpaired) electrons. The van der Waals surface area contributed by atoms with Crippen molar-refractivity contribution in [2.45, 2.75) is 45.2 Å². The van der Waals surface area contributed by atoms with Crippen LogP contribution in [-0.2, 0) is 11.2 Å². The standard InChI is InChI=1S/C24H32N6O2S/c1-5-6-7-21-17(2)25-23-26-24(27-30(23)18(21)3)33-16-22(31)29-14-12-28(13-15-29)19-8-10-20(32-4)11-9-19/h8-11H,5-7,12-16H2,1-4H3. The Balaban J connectivity index is 1.33. The second kappa shape index (κ2) is 10.4. The molecule has 8 nitrogen and oxygen atoms in total. The van der Waals surface area contributed by atoms with Crippen molar-refractivity contribution in [3.05, 3.63) is 41.2 Å². The smallest absolute Gasteiger partial charge is 0.253 e. The van der Waals surface area contributed by atoms with Crippen LogP contribution in [0.2, 0.25) is 0 Å². The predicted molar refractivity (Wildman–Crippen MR) is 131 cm³/mol. The largest absolute Gasteiger partial charge is 0.497 e. The average molecular weight is 469 g/mol. The minimum Gasteiger partial charge on any atom is -0.497 e. The zero-order valence-electron chi connectivity index (χ0n) is 19.9. The monoisotopic (exact) mass is 468 g/mol. The second-order valence-corrected chi connectivity index (χ2v) is 9.27. The first-order valence-corrected chi connectivity index (χ1v) is 12.5. The highest BCUT2D eigenvalue weighted by molar-refractivity contribution is 7.99. The maximum Gasteiger partial charge on any atom is 0.253 e. The van der Waals surface area contributed by atoms with Crippen molar-refractivity contribution in [2.24, 2.45) is 0 Å². The van der Waals surface area contributed by atoms with E-state index in [4.69, 9.17) is 4.74 Å². The molecule has 0 saturated carbocycles. The maximum absolute atomic E-state index is 12.8. The molecule has 1 aliphatic rings. The van der Waals surface area contributed by atoms with Gasteiger partial charge in [-0.15, -0.1) is 5.10 Å². The van der Waals surface area contributed by atoms with Crippen LogP contribution in [0.15, 0.2) is 29.4 Å². The van der Waals surface area contributed by atoms with Gasteiger partial charge in [-0.3, -0.25) is 4.79 Å². The summed E-state index contributed by atoms with van der Waals surface area (Å²) in [4.78, 5) is 26.2. The van der Waals surface area contributed by atoms with E-state index in [0.29, 0.717) is 29.8 Å². The first-order chi connectivity index (χ1) is 16.0. The summed E-state index contributed by atoms with van der Waals surface area (Å²) in [5.74, 6) is 1.91. The molecule has 0 N–H and O–H groups in total. The number of hydrogen-bond acceptors (Lipinski definition) is 7. The molecule has 0 aliphatic carbocycles. The maximum atomic E-state index is 12.8. The summed E-state index contributed by atoms with van der Waals surface area (Å²) in [5, 5.41) is 5.22. The number of anilines is 1. The molecule has 9 heteroatoms. The van der Waals surface area contributed by atoms with Crippen LogP contribution in [0, 0.1) is 13.8 Å². The number of thioether (sulfide) groups is 1. The number of unbranched alkanes of at least 4 members (excludes halogenated alkanes) is 1. The van der Waals surface area contributed by atoms with Gasteiger partial charge in [0.25, 0.3) is 5.78 Å². The molecule has 1 amide bonds. The molecule has 3 aromatic rings. The summed E-state index contributed by atoms with van der Waals surface area (Å²) >= 11 is 1.39. The van der Waals surface area contributed by atoms with Crippen LogP contribution >= 0.6 is 11.8 Å². The molecule has 1 saturated heterocycles. The van der Waals surface area contributed by atoms with E-state index in [1.54, 1.807) is 7.11 Å². The number of ether oxygens (including phenoxy) is 1. The lowest BCUT2D eigenvalue weighted by Crippen LogP contribution is -2.49. The number of aromatic nitrogens is 4. The van der Waals surface area contributed by atoms with Gasteiger partial charge in [0.15, 0.2) is 0 Å². The van der Waals surface area contributed by atoms with Gasteiger partial charge >= 0.3 is 0 Å². The van der Waals surface area contributed by atoms with Crippen LogP contribution < -0.4 is 9.64 Å². The fraction of sp³-hybridized carbons (Fsp3) is 0.500.